The van der Waals surface area contributed by atoms with Crippen LogP contribution in [-0.2, 0) is 14.8 Å². The van der Waals surface area contributed by atoms with Crippen LogP contribution in [0.1, 0.15) is 5.56 Å². The standard InChI is InChI=1S/C24H25ClN2O5S/c1-18-8-9-19(16-23(18)25)27(33(29,30)22-6-4-3-5-7-22)17-24(28)26-14-15-32-21-12-10-20(31-2)11-13-21/h3-13,16H,14-15,17H2,1-2H3,(H,26,28). The van der Waals surface area contributed by atoms with Gasteiger partial charge in [0.05, 0.1) is 24.2 Å². The van der Waals surface area contributed by atoms with Gasteiger partial charge in [-0.15, -0.1) is 0 Å². The molecule has 0 aliphatic heterocycles. The summed E-state index contributed by atoms with van der Waals surface area (Å²) in [5, 5.41) is 3.11. The molecule has 0 atom stereocenters. The number of aryl methyl sites for hydroxylation is 1. The zero-order valence-corrected chi connectivity index (χ0v) is 19.9. The summed E-state index contributed by atoms with van der Waals surface area (Å²) in [6, 6.07) is 19.9. The minimum Gasteiger partial charge on any atom is -0.497 e. The number of sulfonamides is 1. The molecule has 0 heterocycles. The van der Waals surface area contributed by atoms with Crippen molar-refractivity contribution >= 4 is 33.2 Å². The molecule has 0 saturated heterocycles. The number of carbonyl (C=O) groups is 1. The summed E-state index contributed by atoms with van der Waals surface area (Å²) in [6.45, 7) is 1.84. The Kier molecular flexibility index (Phi) is 8.19. The molecule has 3 rings (SSSR count). The Bertz CT molecular complexity index is 1190. The first-order chi connectivity index (χ1) is 15.8. The first-order valence-electron chi connectivity index (χ1n) is 10.2. The number of nitrogens with zero attached hydrogens (tertiary/aromatic N) is 1. The van der Waals surface area contributed by atoms with Gasteiger partial charge in [0.15, 0.2) is 0 Å². The lowest BCUT2D eigenvalue weighted by molar-refractivity contribution is -0.119. The second kappa shape index (κ2) is 11.1. The Morgan fingerprint density at radius 3 is 2.30 bits per heavy atom. The molecule has 1 amide bonds. The molecule has 0 unspecified atom stereocenters. The van der Waals surface area contributed by atoms with E-state index in [1.165, 1.54) is 18.2 Å². The highest BCUT2D eigenvalue weighted by Gasteiger charge is 2.27. The first kappa shape index (κ1) is 24.4. The molecule has 3 aromatic rings. The van der Waals surface area contributed by atoms with Crippen LogP contribution in [0, 0.1) is 6.92 Å². The van der Waals surface area contributed by atoms with E-state index >= 15 is 0 Å². The number of rotatable bonds is 10. The molecular formula is C24H25ClN2O5S. The molecule has 0 bridgehead atoms. The Morgan fingerprint density at radius 2 is 1.67 bits per heavy atom. The van der Waals surface area contributed by atoms with Crippen molar-refractivity contribution in [3.63, 3.8) is 0 Å². The van der Waals surface area contributed by atoms with Crippen LogP contribution >= 0.6 is 11.6 Å². The number of carbonyl (C=O) groups excluding carboxylic acids is 1. The fourth-order valence-corrected chi connectivity index (χ4v) is 4.60. The maximum atomic E-state index is 13.3. The van der Waals surface area contributed by atoms with E-state index in [4.69, 9.17) is 21.1 Å². The van der Waals surface area contributed by atoms with Gasteiger partial charge in [-0.2, -0.15) is 0 Å². The third kappa shape index (κ3) is 6.40. The number of anilines is 1. The van der Waals surface area contributed by atoms with Gasteiger partial charge in [-0.1, -0.05) is 35.9 Å². The van der Waals surface area contributed by atoms with Crippen LogP contribution in [-0.4, -0.2) is 41.1 Å². The lowest BCUT2D eigenvalue weighted by Crippen LogP contribution is -2.41. The van der Waals surface area contributed by atoms with Crippen molar-refractivity contribution < 1.29 is 22.7 Å². The van der Waals surface area contributed by atoms with Gasteiger partial charge in [-0.05, 0) is 61.0 Å². The molecule has 0 fully saturated rings. The topological polar surface area (TPSA) is 84.9 Å². The van der Waals surface area contributed by atoms with E-state index in [0.717, 1.165) is 9.87 Å². The van der Waals surface area contributed by atoms with Gasteiger partial charge < -0.3 is 14.8 Å². The largest absolute Gasteiger partial charge is 0.497 e. The lowest BCUT2D eigenvalue weighted by atomic mass is 10.2. The minimum atomic E-state index is -3.99. The van der Waals surface area contributed by atoms with Crippen molar-refractivity contribution in [2.75, 3.05) is 31.1 Å². The van der Waals surface area contributed by atoms with Crippen LogP contribution in [0.25, 0.3) is 0 Å². The summed E-state index contributed by atoms with van der Waals surface area (Å²) in [5.74, 6) is 0.878. The molecule has 3 aromatic carbocycles. The van der Waals surface area contributed by atoms with Crippen molar-refractivity contribution in [2.45, 2.75) is 11.8 Å². The molecular weight excluding hydrogens is 464 g/mol. The predicted molar refractivity (Wildman–Crippen MR) is 129 cm³/mol. The average molecular weight is 489 g/mol. The fraction of sp³-hybridized carbons (Fsp3) is 0.208. The third-order valence-corrected chi connectivity index (χ3v) is 7.01. The molecule has 1 N–H and O–H groups in total. The molecule has 9 heteroatoms. The highest BCUT2D eigenvalue weighted by atomic mass is 35.5. The highest BCUT2D eigenvalue weighted by Crippen LogP contribution is 2.28. The number of benzene rings is 3. The zero-order valence-electron chi connectivity index (χ0n) is 18.3. The number of halogens is 1. The minimum absolute atomic E-state index is 0.0809. The van der Waals surface area contributed by atoms with Crippen LogP contribution in [0.3, 0.4) is 0 Å². The quantitative estimate of drug-likeness (QED) is 0.435. The monoisotopic (exact) mass is 488 g/mol. The number of hydrogen-bond acceptors (Lipinski definition) is 5. The fourth-order valence-electron chi connectivity index (χ4n) is 2.99. The Balaban J connectivity index is 1.69. The van der Waals surface area contributed by atoms with Gasteiger partial charge in [0.25, 0.3) is 10.0 Å². The molecule has 33 heavy (non-hydrogen) atoms. The Labute approximate surface area is 198 Å². The van der Waals surface area contributed by atoms with Gasteiger partial charge >= 0.3 is 0 Å². The normalized spacial score (nSPS) is 11.0. The van der Waals surface area contributed by atoms with Crippen LogP contribution < -0.4 is 19.1 Å². The second-order valence-corrected chi connectivity index (χ2v) is 9.40. The van der Waals surface area contributed by atoms with Crippen LogP contribution in [0.4, 0.5) is 5.69 Å². The highest BCUT2D eigenvalue weighted by molar-refractivity contribution is 7.92. The molecule has 0 aliphatic carbocycles. The number of methoxy groups -OCH3 is 1. The molecule has 0 saturated carbocycles. The maximum Gasteiger partial charge on any atom is 0.264 e. The van der Waals surface area contributed by atoms with Gasteiger partial charge in [0.1, 0.15) is 24.7 Å². The molecule has 0 spiro atoms. The summed E-state index contributed by atoms with van der Waals surface area (Å²) >= 11 is 6.22. The summed E-state index contributed by atoms with van der Waals surface area (Å²) < 4.78 is 38.3. The summed E-state index contributed by atoms with van der Waals surface area (Å²) in [7, 11) is -2.41. The number of amides is 1. The van der Waals surface area contributed by atoms with E-state index in [-0.39, 0.29) is 18.0 Å². The van der Waals surface area contributed by atoms with E-state index in [2.05, 4.69) is 5.32 Å². The Hall–Kier alpha value is -3.23. The van der Waals surface area contributed by atoms with Gasteiger partial charge in [0.2, 0.25) is 5.91 Å². The third-order valence-electron chi connectivity index (χ3n) is 4.81. The van der Waals surface area contributed by atoms with Crippen LogP contribution in [0.15, 0.2) is 77.7 Å². The number of nitrogens with one attached hydrogen (secondary N) is 1. The Morgan fingerprint density at radius 1 is 1.00 bits per heavy atom. The molecule has 0 aliphatic rings. The van der Waals surface area contributed by atoms with E-state index in [9.17, 15) is 13.2 Å². The van der Waals surface area contributed by atoms with Crippen LogP contribution in [0.5, 0.6) is 11.5 Å². The van der Waals surface area contributed by atoms with Gasteiger partial charge in [0, 0.05) is 5.02 Å². The van der Waals surface area contributed by atoms with Crippen molar-refractivity contribution in [3.05, 3.63) is 83.4 Å². The molecule has 7 nitrogen and oxygen atoms in total. The van der Waals surface area contributed by atoms with E-state index < -0.39 is 22.5 Å². The van der Waals surface area contributed by atoms with E-state index in [0.29, 0.717) is 22.2 Å². The van der Waals surface area contributed by atoms with E-state index in [1.54, 1.807) is 61.7 Å². The van der Waals surface area contributed by atoms with Crippen molar-refractivity contribution in [1.29, 1.82) is 0 Å². The maximum absolute atomic E-state index is 13.3. The number of hydrogen-bond donors (Lipinski definition) is 1. The zero-order chi connectivity index (χ0) is 23.8. The second-order valence-electron chi connectivity index (χ2n) is 7.13. The van der Waals surface area contributed by atoms with E-state index in [1.807, 2.05) is 6.92 Å². The van der Waals surface area contributed by atoms with Crippen molar-refractivity contribution in [2.24, 2.45) is 0 Å². The average Bonchev–Trinajstić information content (AvgIpc) is 2.83. The van der Waals surface area contributed by atoms with Crippen molar-refractivity contribution in [1.82, 2.24) is 5.32 Å². The summed E-state index contributed by atoms with van der Waals surface area (Å²) in [5.41, 5.74) is 1.11. The molecule has 0 aromatic heterocycles. The molecule has 174 valence electrons. The first-order valence-corrected chi connectivity index (χ1v) is 12.0. The van der Waals surface area contributed by atoms with Crippen molar-refractivity contribution in [3.8, 4) is 11.5 Å². The van der Waals surface area contributed by atoms with Crippen LogP contribution in [0.2, 0.25) is 5.02 Å². The van der Waals surface area contributed by atoms with Gasteiger partial charge in [-0.3, -0.25) is 9.10 Å². The lowest BCUT2D eigenvalue weighted by Gasteiger charge is -2.24. The van der Waals surface area contributed by atoms with Gasteiger partial charge in [-0.25, -0.2) is 8.42 Å². The predicted octanol–water partition coefficient (Wildman–Crippen LogP) is 4.05. The number of ether oxygens (including phenoxy) is 2. The summed E-state index contributed by atoms with van der Waals surface area (Å²) in [6.07, 6.45) is 0. The SMILES string of the molecule is COc1ccc(OCCNC(=O)CN(c2ccc(C)c(Cl)c2)S(=O)(=O)c2ccccc2)cc1. The summed E-state index contributed by atoms with van der Waals surface area (Å²) in [4.78, 5) is 12.7. The molecule has 0 radical (unpaired) electrons. The smallest absolute Gasteiger partial charge is 0.264 e.